The predicted molar refractivity (Wildman–Crippen MR) is 38.7 cm³/mol. The standard InChI is InChI=1S/C7H16N2/c1-5(2)6-3-7(8,9)4-6/h5-6H,3-4,8-9H2,1-2H3. The molecule has 0 atom stereocenters. The first-order chi connectivity index (χ1) is 4.01. The third-order valence-corrected chi connectivity index (χ3v) is 2.23. The Morgan fingerprint density at radius 3 is 1.89 bits per heavy atom. The summed E-state index contributed by atoms with van der Waals surface area (Å²) in [6, 6.07) is 0. The average molecular weight is 128 g/mol. The lowest BCUT2D eigenvalue weighted by Gasteiger charge is -2.44. The second-order valence-electron chi connectivity index (χ2n) is 3.65. The van der Waals surface area contributed by atoms with E-state index < -0.39 is 0 Å². The van der Waals surface area contributed by atoms with E-state index >= 15 is 0 Å². The normalized spacial score (nSPS) is 26.3. The van der Waals surface area contributed by atoms with E-state index in [4.69, 9.17) is 11.5 Å². The molecule has 2 nitrogen and oxygen atoms in total. The van der Waals surface area contributed by atoms with Crippen molar-refractivity contribution in [1.29, 1.82) is 0 Å². The van der Waals surface area contributed by atoms with E-state index in [2.05, 4.69) is 13.8 Å². The summed E-state index contributed by atoms with van der Waals surface area (Å²) in [5.74, 6) is 1.53. The third-order valence-electron chi connectivity index (χ3n) is 2.23. The Balaban J connectivity index is 2.27. The van der Waals surface area contributed by atoms with Gasteiger partial charge in [-0.1, -0.05) is 13.8 Å². The largest absolute Gasteiger partial charge is 0.313 e. The van der Waals surface area contributed by atoms with Crippen LogP contribution < -0.4 is 11.5 Å². The molecule has 0 unspecified atom stereocenters. The van der Waals surface area contributed by atoms with E-state index in [-0.39, 0.29) is 5.66 Å². The van der Waals surface area contributed by atoms with Crippen LogP contribution >= 0.6 is 0 Å². The van der Waals surface area contributed by atoms with Crippen molar-refractivity contribution in [2.75, 3.05) is 0 Å². The van der Waals surface area contributed by atoms with Gasteiger partial charge in [0.2, 0.25) is 0 Å². The highest BCUT2D eigenvalue weighted by Gasteiger charge is 2.38. The molecule has 1 aliphatic rings. The fraction of sp³-hybridized carbons (Fsp3) is 1.00. The monoisotopic (exact) mass is 128 g/mol. The van der Waals surface area contributed by atoms with Crippen molar-refractivity contribution in [2.24, 2.45) is 23.3 Å². The fourth-order valence-electron chi connectivity index (χ4n) is 1.39. The minimum absolute atomic E-state index is 0.324. The summed E-state index contributed by atoms with van der Waals surface area (Å²) in [7, 11) is 0. The van der Waals surface area contributed by atoms with Crippen molar-refractivity contribution in [3.05, 3.63) is 0 Å². The summed E-state index contributed by atoms with van der Waals surface area (Å²) in [6.07, 6.45) is 2.01. The molecule has 1 aliphatic carbocycles. The molecule has 0 heterocycles. The molecule has 54 valence electrons. The minimum atomic E-state index is -0.324. The maximum atomic E-state index is 5.63. The Bertz CT molecular complexity index is 99.5. The van der Waals surface area contributed by atoms with Crippen molar-refractivity contribution in [2.45, 2.75) is 32.4 Å². The van der Waals surface area contributed by atoms with Crippen molar-refractivity contribution in [3.8, 4) is 0 Å². The zero-order valence-electron chi connectivity index (χ0n) is 6.22. The third kappa shape index (κ3) is 1.43. The van der Waals surface area contributed by atoms with Crippen molar-refractivity contribution in [1.82, 2.24) is 0 Å². The zero-order valence-corrected chi connectivity index (χ0v) is 6.22. The molecule has 9 heavy (non-hydrogen) atoms. The molecular formula is C7H16N2. The Morgan fingerprint density at radius 2 is 1.78 bits per heavy atom. The molecule has 0 aliphatic heterocycles. The van der Waals surface area contributed by atoms with Crippen molar-refractivity contribution >= 4 is 0 Å². The van der Waals surface area contributed by atoms with Crippen LogP contribution in [-0.2, 0) is 0 Å². The highest BCUT2D eigenvalue weighted by atomic mass is 15.0. The van der Waals surface area contributed by atoms with Crippen molar-refractivity contribution in [3.63, 3.8) is 0 Å². The smallest absolute Gasteiger partial charge is 0.0642 e. The molecule has 0 bridgehead atoms. The van der Waals surface area contributed by atoms with Gasteiger partial charge in [-0.25, -0.2) is 0 Å². The molecule has 0 aromatic heterocycles. The van der Waals surface area contributed by atoms with Gasteiger partial charge < -0.3 is 11.5 Å². The van der Waals surface area contributed by atoms with Gasteiger partial charge in [0.15, 0.2) is 0 Å². The van der Waals surface area contributed by atoms with Gasteiger partial charge in [-0.15, -0.1) is 0 Å². The average Bonchev–Trinajstić information content (AvgIpc) is 1.59. The van der Waals surface area contributed by atoms with Crippen LogP contribution in [0.25, 0.3) is 0 Å². The van der Waals surface area contributed by atoms with E-state index in [9.17, 15) is 0 Å². The van der Waals surface area contributed by atoms with Gasteiger partial charge in [0, 0.05) is 0 Å². The van der Waals surface area contributed by atoms with Crippen LogP contribution in [0.4, 0.5) is 0 Å². The van der Waals surface area contributed by atoms with Crippen LogP contribution in [0.3, 0.4) is 0 Å². The van der Waals surface area contributed by atoms with Gasteiger partial charge in [-0.05, 0) is 24.7 Å². The summed E-state index contributed by atoms with van der Waals surface area (Å²) in [6.45, 7) is 4.44. The highest BCUT2D eigenvalue weighted by Crippen LogP contribution is 2.36. The van der Waals surface area contributed by atoms with Crippen LogP contribution in [-0.4, -0.2) is 5.66 Å². The summed E-state index contributed by atoms with van der Waals surface area (Å²) >= 11 is 0. The molecule has 4 N–H and O–H groups in total. The van der Waals surface area contributed by atoms with Crippen LogP contribution in [0.1, 0.15) is 26.7 Å². The van der Waals surface area contributed by atoms with Crippen LogP contribution in [0.2, 0.25) is 0 Å². The Kier molecular flexibility index (Phi) is 1.53. The highest BCUT2D eigenvalue weighted by molar-refractivity contribution is 4.94. The predicted octanol–water partition coefficient (Wildman–Crippen LogP) is 0.666. The molecule has 0 spiro atoms. The summed E-state index contributed by atoms with van der Waals surface area (Å²) < 4.78 is 0. The van der Waals surface area contributed by atoms with E-state index in [0.717, 1.165) is 24.7 Å². The molecule has 1 fully saturated rings. The molecular weight excluding hydrogens is 112 g/mol. The molecule has 0 amide bonds. The molecule has 0 aromatic carbocycles. The van der Waals surface area contributed by atoms with Gasteiger partial charge in [-0.2, -0.15) is 0 Å². The summed E-state index contributed by atoms with van der Waals surface area (Å²) in [5, 5.41) is 0. The van der Waals surface area contributed by atoms with Crippen LogP contribution in [0, 0.1) is 11.8 Å². The summed E-state index contributed by atoms with van der Waals surface area (Å²) in [5.41, 5.74) is 10.9. The molecule has 0 aromatic rings. The van der Waals surface area contributed by atoms with Gasteiger partial charge in [0.1, 0.15) is 0 Å². The number of hydrogen-bond donors (Lipinski definition) is 2. The first-order valence-corrected chi connectivity index (χ1v) is 3.59. The van der Waals surface area contributed by atoms with Crippen molar-refractivity contribution < 1.29 is 0 Å². The molecule has 1 rings (SSSR count). The Labute approximate surface area is 56.6 Å². The first kappa shape index (κ1) is 7.03. The lowest BCUT2D eigenvalue weighted by atomic mass is 9.70. The SMILES string of the molecule is CC(C)C1CC(N)(N)C1. The molecule has 1 saturated carbocycles. The molecule has 0 saturated heterocycles. The van der Waals surface area contributed by atoms with Gasteiger partial charge in [-0.3, -0.25) is 0 Å². The van der Waals surface area contributed by atoms with Crippen LogP contribution in [0.5, 0.6) is 0 Å². The van der Waals surface area contributed by atoms with Gasteiger partial charge in [0.25, 0.3) is 0 Å². The number of hydrogen-bond acceptors (Lipinski definition) is 2. The second-order valence-corrected chi connectivity index (χ2v) is 3.65. The van der Waals surface area contributed by atoms with E-state index in [1.54, 1.807) is 0 Å². The number of rotatable bonds is 1. The Morgan fingerprint density at radius 1 is 1.33 bits per heavy atom. The van der Waals surface area contributed by atoms with E-state index in [1.165, 1.54) is 0 Å². The van der Waals surface area contributed by atoms with Crippen LogP contribution in [0.15, 0.2) is 0 Å². The molecule has 2 heteroatoms. The molecule has 0 radical (unpaired) electrons. The topological polar surface area (TPSA) is 52.0 Å². The van der Waals surface area contributed by atoms with E-state index in [0.29, 0.717) is 0 Å². The maximum absolute atomic E-state index is 5.63. The Hall–Kier alpha value is -0.0800. The first-order valence-electron chi connectivity index (χ1n) is 3.59. The van der Waals surface area contributed by atoms with Gasteiger partial charge in [0.05, 0.1) is 5.66 Å². The minimum Gasteiger partial charge on any atom is -0.313 e. The summed E-state index contributed by atoms with van der Waals surface area (Å²) in [4.78, 5) is 0. The lowest BCUT2D eigenvalue weighted by Crippen LogP contribution is -2.60. The zero-order chi connectivity index (χ0) is 7.07. The lowest BCUT2D eigenvalue weighted by molar-refractivity contribution is 0.111. The quantitative estimate of drug-likeness (QED) is 0.510. The second kappa shape index (κ2) is 1.96. The maximum Gasteiger partial charge on any atom is 0.0642 e. The van der Waals surface area contributed by atoms with E-state index in [1.807, 2.05) is 0 Å². The van der Waals surface area contributed by atoms with Gasteiger partial charge >= 0.3 is 0 Å². The number of nitrogens with two attached hydrogens (primary N) is 2. The fourth-order valence-corrected chi connectivity index (χ4v) is 1.39.